The Morgan fingerprint density at radius 3 is 2.95 bits per heavy atom. The number of imidazole rings is 1. The van der Waals surface area contributed by atoms with Crippen LogP contribution < -0.4 is 4.90 Å². The van der Waals surface area contributed by atoms with Crippen LogP contribution in [0, 0.1) is 6.92 Å². The summed E-state index contributed by atoms with van der Waals surface area (Å²) in [7, 11) is 1.99. The number of nitrogens with one attached hydrogen (secondary N) is 1. The highest BCUT2D eigenvalue weighted by molar-refractivity contribution is 5.73. The second kappa shape index (κ2) is 5.02. The number of nitrogens with zero attached hydrogens (tertiary/aromatic N) is 4. The van der Waals surface area contributed by atoms with E-state index in [4.69, 9.17) is 0 Å². The first-order valence-electron chi connectivity index (χ1n) is 7.56. The number of aryl methyl sites for hydroxylation is 2. The van der Waals surface area contributed by atoms with Crippen LogP contribution in [0.25, 0.3) is 11.3 Å². The third-order valence-electron chi connectivity index (χ3n) is 4.43. The zero-order chi connectivity index (χ0) is 15.1. The number of rotatable bonds is 3. The first-order chi connectivity index (χ1) is 10.7. The molecule has 5 nitrogen and oxygen atoms in total. The average Bonchev–Trinajstić information content (AvgIpc) is 3.22. The number of benzene rings is 1. The van der Waals surface area contributed by atoms with Crippen LogP contribution >= 0.6 is 0 Å². The molecule has 1 aliphatic rings. The van der Waals surface area contributed by atoms with E-state index in [0.717, 1.165) is 30.9 Å². The van der Waals surface area contributed by atoms with Crippen LogP contribution in [0.1, 0.15) is 16.8 Å². The van der Waals surface area contributed by atoms with E-state index in [0.29, 0.717) is 0 Å². The first kappa shape index (κ1) is 13.1. The molecule has 1 aliphatic heterocycles. The van der Waals surface area contributed by atoms with Crippen molar-refractivity contribution in [1.82, 2.24) is 19.7 Å². The minimum Gasteiger partial charge on any atom is -0.365 e. The fourth-order valence-electron chi connectivity index (χ4n) is 3.28. The lowest BCUT2D eigenvalue weighted by Gasteiger charge is -2.20. The third kappa shape index (κ3) is 2.09. The van der Waals surface area contributed by atoms with Crippen LogP contribution in [0.2, 0.25) is 0 Å². The van der Waals surface area contributed by atoms with Gasteiger partial charge < -0.3 is 9.88 Å². The van der Waals surface area contributed by atoms with Crippen LogP contribution in [-0.2, 0) is 20.0 Å². The second-order valence-corrected chi connectivity index (χ2v) is 5.88. The van der Waals surface area contributed by atoms with Gasteiger partial charge in [0.15, 0.2) is 0 Å². The molecule has 0 fully saturated rings. The Morgan fingerprint density at radius 2 is 2.23 bits per heavy atom. The summed E-state index contributed by atoms with van der Waals surface area (Å²) >= 11 is 0. The minimum atomic E-state index is 0.876. The highest BCUT2D eigenvalue weighted by Gasteiger charge is 2.22. The van der Waals surface area contributed by atoms with Gasteiger partial charge in [-0.2, -0.15) is 5.10 Å². The molecular formula is C17H19N5. The lowest BCUT2D eigenvalue weighted by molar-refractivity contribution is 0.775. The summed E-state index contributed by atoms with van der Waals surface area (Å²) in [6.07, 6.45) is 6.59. The summed E-state index contributed by atoms with van der Waals surface area (Å²) in [5.74, 6) is 0. The van der Waals surface area contributed by atoms with Gasteiger partial charge in [-0.05, 0) is 36.6 Å². The Hall–Kier alpha value is -2.56. The van der Waals surface area contributed by atoms with Gasteiger partial charge in [0, 0.05) is 37.2 Å². The van der Waals surface area contributed by atoms with E-state index in [1.165, 1.54) is 22.4 Å². The molecule has 0 radical (unpaired) electrons. The van der Waals surface area contributed by atoms with E-state index in [1.807, 2.05) is 24.1 Å². The van der Waals surface area contributed by atoms with Gasteiger partial charge in [-0.25, -0.2) is 4.98 Å². The minimum absolute atomic E-state index is 0.876. The standard InChI is InChI=1S/C17H19N5/c1-12-7-13-4-6-22(10-14-9-18-11-19-14)17(13)8-15(12)16-3-5-20-21(16)2/h3,5,7-9,11H,4,6,10H2,1-2H3,(H,18,19). The molecule has 112 valence electrons. The molecule has 1 N–H and O–H groups in total. The number of aromatic nitrogens is 4. The van der Waals surface area contributed by atoms with Crippen molar-refractivity contribution >= 4 is 5.69 Å². The Morgan fingerprint density at radius 1 is 1.32 bits per heavy atom. The lowest BCUT2D eigenvalue weighted by atomic mass is 10.0. The van der Waals surface area contributed by atoms with E-state index in [2.05, 4.69) is 45.1 Å². The van der Waals surface area contributed by atoms with Gasteiger partial charge in [-0.3, -0.25) is 4.68 Å². The molecule has 0 aliphatic carbocycles. The maximum atomic E-state index is 4.30. The van der Waals surface area contributed by atoms with Crippen molar-refractivity contribution in [3.8, 4) is 11.3 Å². The van der Waals surface area contributed by atoms with Crippen molar-refractivity contribution in [3.05, 3.63) is 53.7 Å². The van der Waals surface area contributed by atoms with Crippen LogP contribution in [0.4, 0.5) is 5.69 Å². The van der Waals surface area contributed by atoms with Gasteiger partial charge >= 0.3 is 0 Å². The number of H-pyrrole nitrogens is 1. The van der Waals surface area contributed by atoms with E-state index in [-0.39, 0.29) is 0 Å². The molecule has 5 heteroatoms. The van der Waals surface area contributed by atoms with Gasteiger partial charge in [0.1, 0.15) is 0 Å². The number of aromatic amines is 1. The smallest absolute Gasteiger partial charge is 0.0922 e. The fraction of sp³-hybridized carbons (Fsp3) is 0.294. The third-order valence-corrected chi connectivity index (χ3v) is 4.43. The van der Waals surface area contributed by atoms with Gasteiger partial charge in [0.05, 0.1) is 24.3 Å². The van der Waals surface area contributed by atoms with Crippen molar-refractivity contribution in [2.24, 2.45) is 7.05 Å². The Balaban J connectivity index is 1.74. The average molecular weight is 293 g/mol. The van der Waals surface area contributed by atoms with Crippen molar-refractivity contribution in [3.63, 3.8) is 0 Å². The second-order valence-electron chi connectivity index (χ2n) is 5.88. The maximum absolute atomic E-state index is 4.30. The summed E-state index contributed by atoms with van der Waals surface area (Å²) in [6.45, 7) is 4.11. The van der Waals surface area contributed by atoms with Crippen LogP contribution in [-0.4, -0.2) is 26.3 Å². The van der Waals surface area contributed by atoms with E-state index < -0.39 is 0 Å². The highest BCUT2D eigenvalue weighted by Crippen LogP contribution is 2.35. The van der Waals surface area contributed by atoms with Crippen LogP contribution in [0.3, 0.4) is 0 Å². The summed E-state index contributed by atoms with van der Waals surface area (Å²) < 4.78 is 1.93. The molecular weight excluding hydrogens is 274 g/mol. The molecule has 2 aromatic heterocycles. The molecule has 0 atom stereocenters. The summed E-state index contributed by atoms with van der Waals surface area (Å²) in [4.78, 5) is 9.72. The van der Waals surface area contributed by atoms with Gasteiger partial charge in [0.2, 0.25) is 0 Å². The van der Waals surface area contributed by atoms with Crippen molar-refractivity contribution in [2.75, 3.05) is 11.4 Å². The molecule has 0 spiro atoms. The number of anilines is 1. The normalized spacial score (nSPS) is 13.6. The number of hydrogen-bond acceptors (Lipinski definition) is 3. The highest BCUT2D eigenvalue weighted by atomic mass is 15.3. The monoisotopic (exact) mass is 293 g/mol. The molecule has 0 saturated heterocycles. The molecule has 0 unspecified atom stereocenters. The number of hydrogen-bond donors (Lipinski definition) is 1. The Bertz CT molecular complexity index is 801. The lowest BCUT2D eigenvalue weighted by Crippen LogP contribution is -2.19. The molecule has 0 amide bonds. The predicted molar refractivity (Wildman–Crippen MR) is 86.7 cm³/mol. The molecule has 4 rings (SSSR count). The quantitative estimate of drug-likeness (QED) is 0.807. The van der Waals surface area contributed by atoms with Gasteiger partial charge in [-0.1, -0.05) is 6.07 Å². The van der Waals surface area contributed by atoms with Crippen molar-refractivity contribution < 1.29 is 0 Å². The zero-order valence-electron chi connectivity index (χ0n) is 12.9. The summed E-state index contributed by atoms with van der Waals surface area (Å²) in [6, 6.07) is 6.71. The van der Waals surface area contributed by atoms with Crippen molar-refractivity contribution in [1.29, 1.82) is 0 Å². The first-order valence-corrected chi connectivity index (χ1v) is 7.56. The molecule has 3 aromatic rings. The molecule has 22 heavy (non-hydrogen) atoms. The Labute approximate surface area is 129 Å². The zero-order valence-corrected chi connectivity index (χ0v) is 12.9. The van der Waals surface area contributed by atoms with E-state index in [9.17, 15) is 0 Å². The predicted octanol–water partition coefficient (Wildman–Crippen LogP) is 2.68. The van der Waals surface area contributed by atoms with E-state index in [1.54, 1.807) is 6.33 Å². The number of fused-ring (bicyclic) bond motifs is 1. The summed E-state index contributed by atoms with van der Waals surface area (Å²) in [5, 5.41) is 4.30. The van der Waals surface area contributed by atoms with E-state index >= 15 is 0 Å². The Kier molecular flexibility index (Phi) is 2.99. The largest absolute Gasteiger partial charge is 0.365 e. The SMILES string of the molecule is Cc1cc2c(cc1-c1ccnn1C)N(Cc1cnc[nH]1)CC2. The molecule has 3 heterocycles. The van der Waals surface area contributed by atoms with Crippen molar-refractivity contribution in [2.45, 2.75) is 19.9 Å². The molecule has 0 bridgehead atoms. The topological polar surface area (TPSA) is 49.7 Å². The van der Waals surface area contributed by atoms with Gasteiger partial charge in [-0.15, -0.1) is 0 Å². The van der Waals surface area contributed by atoms with Crippen LogP contribution in [0.15, 0.2) is 36.9 Å². The van der Waals surface area contributed by atoms with Gasteiger partial charge in [0.25, 0.3) is 0 Å². The fourth-order valence-corrected chi connectivity index (χ4v) is 3.28. The van der Waals surface area contributed by atoms with Crippen LogP contribution in [0.5, 0.6) is 0 Å². The molecule has 0 saturated carbocycles. The maximum Gasteiger partial charge on any atom is 0.0922 e. The molecule has 1 aromatic carbocycles. The summed E-state index contributed by atoms with van der Waals surface area (Å²) in [5.41, 5.74) is 7.64.